The van der Waals surface area contributed by atoms with E-state index in [0.29, 0.717) is 6.42 Å². The van der Waals surface area contributed by atoms with Crippen LogP contribution >= 0.6 is 0 Å². The van der Waals surface area contributed by atoms with Crippen LogP contribution in [-0.4, -0.2) is 33.6 Å². The summed E-state index contributed by atoms with van der Waals surface area (Å²) in [4.78, 5) is 10.2. The first kappa shape index (κ1) is 21.6. The number of rotatable bonds is 12. The summed E-state index contributed by atoms with van der Waals surface area (Å²) < 4.78 is 1.43. The van der Waals surface area contributed by atoms with Crippen LogP contribution in [0, 0.1) is 0 Å². The van der Waals surface area contributed by atoms with Crippen LogP contribution in [0.1, 0.15) is 90.9 Å². The van der Waals surface area contributed by atoms with E-state index < -0.39 is 5.97 Å². The molecule has 0 atom stereocenters. The summed E-state index contributed by atoms with van der Waals surface area (Å²) in [5.74, 6) is -0.659. The summed E-state index contributed by atoms with van der Waals surface area (Å²) in [7, 11) is 0. The zero-order valence-electron chi connectivity index (χ0n) is 13.0. The molecule has 0 aliphatic rings. The third-order valence-electron chi connectivity index (χ3n) is 3.02. The molecule has 3 heteroatoms. The minimum absolute atomic E-state index is 0.343. The zero-order valence-corrected chi connectivity index (χ0v) is 15.9. The standard InChI is InChI=1S/C12H24O2.C4H9.Sn/c1-2-3-4-5-6-7-8-9-10-11-12(13)14;1-3-4-2;/h2-11H2,1H3,(H,13,14);1,3-4H2,2H3;. The van der Waals surface area contributed by atoms with Gasteiger partial charge in [0.15, 0.2) is 0 Å². The Morgan fingerprint density at radius 2 is 1.21 bits per heavy atom. The van der Waals surface area contributed by atoms with E-state index in [-0.39, 0.29) is 0 Å². The molecule has 1 N–H and O–H groups in total. The number of carboxylic acids is 1. The van der Waals surface area contributed by atoms with Crippen molar-refractivity contribution in [3.8, 4) is 0 Å². The number of hydrogen-bond acceptors (Lipinski definition) is 1. The second kappa shape index (κ2) is 20.6. The van der Waals surface area contributed by atoms with E-state index >= 15 is 0 Å². The maximum atomic E-state index is 10.2. The van der Waals surface area contributed by atoms with Crippen molar-refractivity contribution >= 4 is 28.5 Å². The molecule has 0 unspecified atom stereocenters. The monoisotopic (exact) mass is 377 g/mol. The number of carboxylic acid groups (broad SMARTS) is 1. The van der Waals surface area contributed by atoms with Crippen molar-refractivity contribution in [1.29, 1.82) is 0 Å². The maximum absolute atomic E-state index is 10.2. The van der Waals surface area contributed by atoms with Gasteiger partial charge in [-0.3, -0.25) is 4.79 Å². The van der Waals surface area contributed by atoms with Gasteiger partial charge in [0.1, 0.15) is 0 Å². The molecule has 0 aliphatic carbocycles. The Balaban J connectivity index is 0. The molecule has 0 aromatic heterocycles. The molecule has 0 bridgehead atoms. The van der Waals surface area contributed by atoms with E-state index in [1.165, 1.54) is 62.2 Å². The van der Waals surface area contributed by atoms with Crippen molar-refractivity contribution in [2.45, 2.75) is 95.3 Å². The summed E-state index contributed by atoms with van der Waals surface area (Å²) in [5, 5.41) is 8.41. The molecule has 0 amide bonds. The van der Waals surface area contributed by atoms with Gasteiger partial charge in [0.25, 0.3) is 0 Å². The van der Waals surface area contributed by atoms with Crippen LogP contribution in [-0.2, 0) is 4.79 Å². The molecule has 0 aromatic rings. The van der Waals surface area contributed by atoms with Gasteiger partial charge >= 0.3 is 52.7 Å². The van der Waals surface area contributed by atoms with Crippen LogP contribution in [0.3, 0.4) is 0 Å². The SMILES string of the molecule is CCCCCCCCCCCC(=O)O.CCC[CH2][Sn]. The van der Waals surface area contributed by atoms with Crippen LogP contribution in [0.25, 0.3) is 0 Å². The summed E-state index contributed by atoms with van der Waals surface area (Å²) in [6.07, 6.45) is 14.3. The normalized spacial score (nSPS) is 9.84. The number of unbranched alkanes of at least 4 members (excludes halogenated alkanes) is 9. The van der Waals surface area contributed by atoms with Gasteiger partial charge in [-0.15, -0.1) is 0 Å². The fraction of sp³-hybridized carbons (Fsp3) is 0.938. The third-order valence-corrected chi connectivity index (χ3v) is 4.03. The Morgan fingerprint density at radius 1 is 0.789 bits per heavy atom. The second-order valence-corrected chi connectivity index (χ2v) is 6.50. The Bertz CT molecular complexity index is 170. The van der Waals surface area contributed by atoms with Crippen molar-refractivity contribution in [1.82, 2.24) is 0 Å². The number of hydrogen-bond donors (Lipinski definition) is 1. The van der Waals surface area contributed by atoms with Crippen molar-refractivity contribution < 1.29 is 9.90 Å². The summed E-state index contributed by atoms with van der Waals surface area (Å²) in [5.41, 5.74) is 0. The van der Waals surface area contributed by atoms with E-state index in [1.54, 1.807) is 22.5 Å². The Hall–Kier alpha value is 0.269. The van der Waals surface area contributed by atoms with E-state index in [4.69, 9.17) is 5.11 Å². The van der Waals surface area contributed by atoms with E-state index in [0.717, 1.165) is 12.8 Å². The van der Waals surface area contributed by atoms with E-state index in [1.807, 2.05) is 0 Å². The average Bonchev–Trinajstić information content (AvgIpc) is 2.38. The fourth-order valence-electron chi connectivity index (χ4n) is 1.76. The molecule has 3 radical (unpaired) electrons. The van der Waals surface area contributed by atoms with Crippen molar-refractivity contribution in [3.05, 3.63) is 0 Å². The minimum atomic E-state index is -0.659. The average molecular weight is 376 g/mol. The fourth-order valence-corrected chi connectivity index (χ4v) is 2.77. The molecular weight excluding hydrogens is 343 g/mol. The number of carbonyl (C=O) groups is 1. The molecule has 113 valence electrons. The predicted octanol–water partition coefficient (Wildman–Crippen LogP) is 5.37. The molecule has 2 nitrogen and oxygen atoms in total. The van der Waals surface area contributed by atoms with Crippen molar-refractivity contribution in [2.24, 2.45) is 0 Å². The van der Waals surface area contributed by atoms with E-state index in [9.17, 15) is 4.79 Å². The van der Waals surface area contributed by atoms with Gasteiger partial charge in [0.05, 0.1) is 0 Å². The molecule has 0 aromatic carbocycles. The van der Waals surface area contributed by atoms with Crippen LogP contribution in [0.5, 0.6) is 0 Å². The number of aliphatic carboxylic acids is 1. The Labute approximate surface area is 133 Å². The van der Waals surface area contributed by atoms with Gasteiger partial charge in [0, 0.05) is 6.42 Å². The Kier molecular flexibility index (Phi) is 23.4. The molecule has 0 saturated heterocycles. The molecule has 0 fully saturated rings. The van der Waals surface area contributed by atoms with Crippen LogP contribution < -0.4 is 0 Å². The van der Waals surface area contributed by atoms with Gasteiger partial charge < -0.3 is 5.11 Å². The topological polar surface area (TPSA) is 37.3 Å². The molecule has 19 heavy (non-hydrogen) atoms. The first-order valence-corrected chi connectivity index (χ1v) is 10.1. The zero-order chi connectivity index (χ0) is 14.8. The van der Waals surface area contributed by atoms with Crippen LogP contribution in [0.4, 0.5) is 0 Å². The molecule has 0 aliphatic heterocycles. The summed E-state index contributed by atoms with van der Waals surface area (Å²) in [6, 6.07) is 0. The van der Waals surface area contributed by atoms with Gasteiger partial charge in [-0.05, 0) is 6.42 Å². The molecule has 0 heterocycles. The van der Waals surface area contributed by atoms with Crippen LogP contribution in [0.15, 0.2) is 0 Å². The summed E-state index contributed by atoms with van der Waals surface area (Å²) in [6.45, 7) is 4.45. The third kappa shape index (κ3) is 27.5. The van der Waals surface area contributed by atoms with Gasteiger partial charge in [0.2, 0.25) is 0 Å². The van der Waals surface area contributed by atoms with E-state index in [2.05, 4.69) is 13.8 Å². The van der Waals surface area contributed by atoms with Crippen molar-refractivity contribution in [2.75, 3.05) is 0 Å². The van der Waals surface area contributed by atoms with Gasteiger partial charge in [-0.2, -0.15) is 0 Å². The molecular formula is C16H33O2Sn. The first-order chi connectivity index (χ1) is 9.18. The van der Waals surface area contributed by atoms with Crippen LogP contribution in [0.2, 0.25) is 4.44 Å². The van der Waals surface area contributed by atoms with Crippen molar-refractivity contribution in [3.63, 3.8) is 0 Å². The van der Waals surface area contributed by atoms with Gasteiger partial charge in [-0.25, -0.2) is 0 Å². The summed E-state index contributed by atoms with van der Waals surface area (Å²) >= 11 is 1.68. The molecule has 0 saturated carbocycles. The molecule has 0 spiro atoms. The van der Waals surface area contributed by atoms with Gasteiger partial charge in [-0.1, -0.05) is 58.3 Å². The quantitative estimate of drug-likeness (QED) is 0.368. The molecule has 0 rings (SSSR count). The predicted molar refractivity (Wildman–Crippen MR) is 84.9 cm³/mol. The Morgan fingerprint density at radius 3 is 1.53 bits per heavy atom. The second-order valence-electron chi connectivity index (χ2n) is 5.08. The first-order valence-electron chi connectivity index (χ1n) is 8.05.